The van der Waals surface area contributed by atoms with Crippen molar-refractivity contribution in [1.29, 1.82) is 0 Å². The van der Waals surface area contributed by atoms with E-state index in [9.17, 15) is 26.7 Å². The summed E-state index contributed by atoms with van der Waals surface area (Å²) in [4.78, 5) is 11.5. The minimum Gasteiger partial charge on any atom is -0.506 e. The Bertz CT molecular complexity index is 1340. The van der Waals surface area contributed by atoms with Gasteiger partial charge < -0.3 is 5.11 Å². The van der Waals surface area contributed by atoms with Crippen LogP contribution < -0.4 is 9.03 Å². The van der Waals surface area contributed by atoms with Crippen LogP contribution in [-0.4, -0.2) is 57.0 Å². The highest BCUT2D eigenvalue weighted by Crippen LogP contribution is 2.39. The Labute approximate surface area is 185 Å². The fraction of sp³-hybridized carbons (Fsp3) is 0.450. The molecule has 2 heterocycles. The first-order valence-corrected chi connectivity index (χ1v) is 13.3. The Morgan fingerprint density at radius 1 is 1.19 bits per heavy atom. The van der Waals surface area contributed by atoms with Gasteiger partial charge in [-0.25, -0.2) is 26.1 Å². The Morgan fingerprint density at radius 2 is 1.94 bits per heavy atom. The summed E-state index contributed by atoms with van der Waals surface area (Å²) >= 11 is 0. The number of hydrogen-bond acceptors (Lipinski definition) is 6. The molecule has 0 radical (unpaired) electrons. The quantitative estimate of drug-likeness (QED) is 0.659. The first kappa shape index (κ1) is 21.4. The lowest BCUT2D eigenvalue weighted by molar-refractivity contribution is -0.117. The van der Waals surface area contributed by atoms with Crippen molar-refractivity contribution in [1.82, 2.24) is 9.03 Å². The zero-order valence-electron chi connectivity index (χ0n) is 17.0. The standard InChI is InChI=1S/C20H22FN3O6S2/c21-19-16-8-12(7-13-5-6-23(10-13)31(27,28)15-3-4-15)1-2-14(16)9-17(25)20(19)24-11-18(26)22-32(24,29)30/h1-2,8-9,13,15,25H,3-7,10-11H2,(H,22,26). The van der Waals surface area contributed by atoms with Crippen molar-refractivity contribution >= 4 is 42.6 Å². The molecule has 0 spiro atoms. The number of phenolic OH excluding ortho intramolecular Hbond substituents is 1. The first-order valence-electron chi connectivity index (χ1n) is 10.3. The monoisotopic (exact) mass is 483 g/mol. The van der Waals surface area contributed by atoms with Crippen molar-refractivity contribution in [2.45, 2.75) is 30.9 Å². The van der Waals surface area contributed by atoms with Gasteiger partial charge in [-0.05, 0) is 54.7 Å². The van der Waals surface area contributed by atoms with Crippen LogP contribution in [0.15, 0.2) is 24.3 Å². The number of carbonyl (C=O) groups is 1. The second-order valence-electron chi connectivity index (χ2n) is 8.61. The van der Waals surface area contributed by atoms with Crippen molar-refractivity contribution in [3.63, 3.8) is 0 Å². The first-order chi connectivity index (χ1) is 15.1. The topological polar surface area (TPSA) is 124 Å². The summed E-state index contributed by atoms with van der Waals surface area (Å²) < 4.78 is 68.4. The molecule has 3 aliphatic rings. The molecule has 1 aliphatic carbocycles. The summed E-state index contributed by atoms with van der Waals surface area (Å²) in [5, 5.41) is 10.5. The summed E-state index contributed by atoms with van der Waals surface area (Å²) in [6.07, 6.45) is 2.70. The van der Waals surface area contributed by atoms with Gasteiger partial charge in [0.1, 0.15) is 18.0 Å². The van der Waals surface area contributed by atoms with Gasteiger partial charge in [-0.1, -0.05) is 12.1 Å². The fourth-order valence-electron chi connectivity index (χ4n) is 4.49. The van der Waals surface area contributed by atoms with Crippen molar-refractivity contribution in [2.24, 2.45) is 5.92 Å². The van der Waals surface area contributed by atoms with Crippen molar-refractivity contribution in [3.05, 3.63) is 35.6 Å². The maximum absolute atomic E-state index is 15.4. The van der Waals surface area contributed by atoms with E-state index >= 15 is 4.39 Å². The molecule has 1 amide bonds. The Kier molecular flexibility index (Phi) is 4.88. The summed E-state index contributed by atoms with van der Waals surface area (Å²) in [7, 11) is -7.50. The van der Waals surface area contributed by atoms with E-state index in [2.05, 4.69) is 0 Å². The molecule has 12 heteroatoms. The molecule has 2 aromatic carbocycles. The van der Waals surface area contributed by atoms with Crippen LogP contribution in [0.2, 0.25) is 0 Å². The molecule has 0 bridgehead atoms. The molecular formula is C20H22FN3O6S2. The number of carbonyl (C=O) groups excluding carboxylic acids is 1. The lowest BCUT2D eigenvalue weighted by Crippen LogP contribution is -2.31. The molecular weight excluding hydrogens is 461 g/mol. The lowest BCUT2D eigenvalue weighted by Gasteiger charge is -2.19. The van der Waals surface area contributed by atoms with E-state index in [-0.39, 0.29) is 16.6 Å². The van der Waals surface area contributed by atoms with E-state index in [0.29, 0.717) is 35.6 Å². The normalized spacial score (nSPS) is 23.7. The van der Waals surface area contributed by atoms with Crippen LogP contribution in [0, 0.1) is 11.7 Å². The molecule has 3 fully saturated rings. The van der Waals surface area contributed by atoms with Gasteiger partial charge in [-0.15, -0.1) is 0 Å². The van der Waals surface area contributed by atoms with Gasteiger partial charge in [-0.2, -0.15) is 8.42 Å². The van der Waals surface area contributed by atoms with E-state index in [0.717, 1.165) is 18.4 Å². The molecule has 9 nitrogen and oxygen atoms in total. The second-order valence-corrected chi connectivity index (χ2v) is 12.4. The third-order valence-corrected chi connectivity index (χ3v) is 9.99. The minimum atomic E-state index is -4.28. The molecule has 1 atom stereocenters. The fourth-order valence-corrected chi connectivity index (χ4v) is 7.59. The molecule has 1 unspecified atom stereocenters. The van der Waals surface area contributed by atoms with Crippen molar-refractivity contribution in [2.75, 3.05) is 23.9 Å². The highest BCUT2D eigenvalue weighted by atomic mass is 32.2. The van der Waals surface area contributed by atoms with Gasteiger partial charge in [0.2, 0.25) is 10.0 Å². The molecule has 5 rings (SSSR count). The summed E-state index contributed by atoms with van der Waals surface area (Å²) in [6.45, 7) is 0.294. The zero-order chi connectivity index (χ0) is 22.8. The number of rotatable bonds is 5. The average Bonchev–Trinajstić information content (AvgIpc) is 3.41. The Morgan fingerprint density at radius 3 is 2.59 bits per heavy atom. The average molecular weight is 484 g/mol. The number of phenols is 1. The van der Waals surface area contributed by atoms with E-state index < -0.39 is 49.9 Å². The Balaban J connectivity index is 1.43. The number of nitrogens with zero attached hydrogens (tertiary/aromatic N) is 2. The van der Waals surface area contributed by atoms with Gasteiger partial charge in [0.15, 0.2) is 5.82 Å². The molecule has 172 valence electrons. The molecule has 2 N–H and O–H groups in total. The number of anilines is 1. The van der Waals surface area contributed by atoms with Gasteiger partial charge in [0.05, 0.1) is 5.25 Å². The maximum atomic E-state index is 15.4. The second kappa shape index (κ2) is 7.29. The van der Waals surface area contributed by atoms with Crippen molar-refractivity contribution < 1.29 is 31.1 Å². The van der Waals surface area contributed by atoms with Crippen molar-refractivity contribution in [3.8, 4) is 5.75 Å². The van der Waals surface area contributed by atoms with Crippen LogP contribution in [0.25, 0.3) is 10.8 Å². The molecule has 2 aliphatic heterocycles. The molecule has 2 aromatic rings. The predicted molar refractivity (Wildman–Crippen MR) is 115 cm³/mol. The number of hydrogen-bond donors (Lipinski definition) is 2. The van der Waals surface area contributed by atoms with Gasteiger partial charge in [0, 0.05) is 18.5 Å². The lowest BCUT2D eigenvalue weighted by atomic mass is 9.96. The summed E-state index contributed by atoms with van der Waals surface area (Å²) in [5.74, 6) is -2.24. The molecule has 32 heavy (non-hydrogen) atoms. The van der Waals surface area contributed by atoms with Crippen LogP contribution in [0.3, 0.4) is 0 Å². The number of amides is 1. The van der Waals surface area contributed by atoms with E-state index in [4.69, 9.17) is 0 Å². The number of nitrogens with one attached hydrogen (secondary N) is 1. The number of aromatic hydroxyl groups is 1. The maximum Gasteiger partial charge on any atom is 0.326 e. The highest BCUT2D eigenvalue weighted by Gasteiger charge is 2.42. The molecule has 1 saturated carbocycles. The van der Waals surface area contributed by atoms with E-state index in [1.165, 1.54) is 6.07 Å². The number of benzene rings is 2. The largest absolute Gasteiger partial charge is 0.506 e. The van der Waals surface area contributed by atoms with Crippen LogP contribution in [0.4, 0.5) is 10.1 Å². The van der Waals surface area contributed by atoms with Crippen LogP contribution in [-0.2, 0) is 31.4 Å². The predicted octanol–water partition coefficient (Wildman–Crippen LogP) is 1.22. The van der Waals surface area contributed by atoms with E-state index in [1.54, 1.807) is 27.2 Å². The van der Waals surface area contributed by atoms with Gasteiger partial charge >= 0.3 is 10.2 Å². The van der Waals surface area contributed by atoms with E-state index in [1.807, 2.05) is 0 Å². The van der Waals surface area contributed by atoms with Crippen LogP contribution >= 0.6 is 0 Å². The third-order valence-electron chi connectivity index (χ3n) is 6.24. The number of fused-ring (bicyclic) bond motifs is 1. The van der Waals surface area contributed by atoms with Crippen LogP contribution in [0.5, 0.6) is 5.75 Å². The third kappa shape index (κ3) is 3.59. The molecule has 2 saturated heterocycles. The Hall–Kier alpha value is -2.44. The minimum absolute atomic E-state index is 0.0985. The molecule has 0 aromatic heterocycles. The summed E-state index contributed by atoms with van der Waals surface area (Å²) in [5.41, 5.74) is 0.206. The highest BCUT2D eigenvalue weighted by molar-refractivity contribution is 7.92. The summed E-state index contributed by atoms with van der Waals surface area (Å²) in [6, 6.07) is 6.27. The number of sulfonamides is 1. The smallest absolute Gasteiger partial charge is 0.326 e. The number of halogens is 1. The van der Waals surface area contributed by atoms with Crippen LogP contribution in [0.1, 0.15) is 24.8 Å². The van der Waals surface area contributed by atoms with Gasteiger partial charge in [0.25, 0.3) is 5.91 Å². The van der Waals surface area contributed by atoms with Gasteiger partial charge in [-0.3, -0.25) is 4.79 Å². The zero-order valence-corrected chi connectivity index (χ0v) is 18.6. The SMILES string of the molecule is O=C1CN(c2c(O)cc3ccc(CC4CCN(S(=O)(=O)C5CC5)C4)cc3c2F)S(=O)(=O)N1.